The second-order valence-corrected chi connectivity index (χ2v) is 8.51. The van der Waals surface area contributed by atoms with E-state index in [1.165, 1.54) is 6.07 Å². The van der Waals surface area contributed by atoms with E-state index < -0.39 is 11.6 Å². The first kappa shape index (κ1) is 22.8. The van der Waals surface area contributed by atoms with Gasteiger partial charge < -0.3 is 14.6 Å². The van der Waals surface area contributed by atoms with E-state index in [0.29, 0.717) is 42.0 Å². The third kappa shape index (κ3) is 4.96. The lowest BCUT2D eigenvalue weighted by molar-refractivity contribution is -0.144. The summed E-state index contributed by atoms with van der Waals surface area (Å²) in [4.78, 5) is 34.5. The van der Waals surface area contributed by atoms with Gasteiger partial charge in [-0.25, -0.2) is 23.7 Å². The van der Waals surface area contributed by atoms with E-state index in [2.05, 4.69) is 29.8 Å². The largest absolute Gasteiger partial charge is 0.466 e. The van der Waals surface area contributed by atoms with E-state index in [-0.39, 0.29) is 17.0 Å². The molecule has 1 aromatic carbocycles. The van der Waals surface area contributed by atoms with Crippen LogP contribution in [0.4, 0.5) is 14.7 Å². The van der Waals surface area contributed by atoms with Crippen LogP contribution in [0, 0.1) is 17.6 Å². The zero-order valence-electron chi connectivity index (χ0n) is 19.2. The number of imidazole rings is 1. The first-order chi connectivity index (χ1) is 17.0. The second kappa shape index (κ2) is 9.73. The summed E-state index contributed by atoms with van der Waals surface area (Å²) in [5, 5.41) is 0. The number of aromatic nitrogens is 5. The molecule has 0 unspecified atom stereocenters. The fourth-order valence-corrected chi connectivity index (χ4v) is 4.29. The van der Waals surface area contributed by atoms with Crippen LogP contribution in [-0.2, 0) is 9.53 Å². The maximum absolute atomic E-state index is 14.0. The van der Waals surface area contributed by atoms with Crippen molar-refractivity contribution in [1.29, 1.82) is 0 Å². The first-order valence-corrected chi connectivity index (χ1v) is 11.5. The van der Waals surface area contributed by atoms with Gasteiger partial charge in [-0.05, 0) is 43.9 Å². The SMILES string of the molecule is CCOC(=O)CC1CCN(c2ncc(-c3ccc(-c4nc5c(F)cc(F)cc5[nH]4)cn3)cn2)CC1. The van der Waals surface area contributed by atoms with Crippen molar-refractivity contribution >= 4 is 23.0 Å². The third-order valence-electron chi connectivity index (χ3n) is 6.13. The van der Waals surface area contributed by atoms with Crippen LogP contribution in [0.15, 0.2) is 42.9 Å². The first-order valence-electron chi connectivity index (χ1n) is 11.5. The van der Waals surface area contributed by atoms with Crippen LogP contribution < -0.4 is 4.90 Å². The van der Waals surface area contributed by atoms with Crippen molar-refractivity contribution in [2.24, 2.45) is 5.92 Å². The van der Waals surface area contributed by atoms with Crippen LogP contribution in [0.1, 0.15) is 26.2 Å². The monoisotopic (exact) mass is 478 g/mol. The molecule has 0 bridgehead atoms. The highest BCUT2D eigenvalue weighted by molar-refractivity contribution is 5.80. The number of nitrogens with one attached hydrogen (secondary N) is 1. The third-order valence-corrected chi connectivity index (χ3v) is 6.13. The lowest BCUT2D eigenvalue weighted by atomic mass is 9.94. The zero-order chi connectivity index (χ0) is 24.4. The molecular weight excluding hydrogens is 454 g/mol. The summed E-state index contributed by atoms with van der Waals surface area (Å²) in [6.45, 7) is 3.81. The number of rotatable bonds is 6. The van der Waals surface area contributed by atoms with Crippen molar-refractivity contribution in [2.45, 2.75) is 26.2 Å². The number of H-pyrrole nitrogens is 1. The lowest BCUT2D eigenvalue weighted by Crippen LogP contribution is -2.35. The maximum atomic E-state index is 14.0. The average molecular weight is 479 g/mol. The number of fused-ring (bicyclic) bond motifs is 1. The molecule has 1 aliphatic heterocycles. The Balaban J connectivity index is 1.24. The predicted octanol–water partition coefficient (Wildman–Crippen LogP) is 4.53. The number of halogens is 2. The Labute approximate surface area is 200 Å². The number of carbonyl (C=O) groups excluding carboxylic acids is 1. The fraction of sp³-hybridized carbons (Fsp3) is 0.320. The van der Waals surface area contributed by atoms with E-state index in [1.807, 2.05) is 6.92 Å². The summed E-state index contributed by atoms with van der Waals surface area (Å²) >= 11 is 0. The molecule has 8 nitrogen and oxygen atoms in total. The smallest absolute Gasteiger partial charge is 0.306 e. The summed E-state index contributed by atoms with van der Waals surface area (Å²) < 4.78 is 32.5. The van der Waals surface area contributed by atoms with Crippen LogP contribution >= 0.6 is 0 Å². The van der Waals surface area contributed by atoms with Crippen LogP contribution in [-0.4, -0.2) is 50.6 Å². The molecule has 180 valence electrons. The number of carbonyl (C=O) groups is 1. The number of aromatic amines is 1. The molecule has 0 saturated carbocycles. The number of pyridine rings is 1. The van der Waals surface area contributed by atoms with Crippen molar-refractivity contribution < 1.29 is 18.3 Å². The quantitative estimate of drug-likeness (QED) is 0.407. The standard InChI is InChI=1S/C25H24F2N6O2/c1-2-35-22(34)9-15-5-7-33(8-6-15)25-29-13-17(14-30-25)20-4-3-16(12-28-20)24-31-21-11-18(26)10-19(27)23(21)32-24/h3-4,10-15H,2,5-9H2,1H3,(H,31,32). The van der Waals surface area contributed by atoms with Crippen molar-refractivity contribution in [2.75, 3.05) is 24.6 Å². The Hall–Kier alpha value is -3.95. The Morgan fingerprint density at radius 1 is 1.09 bits per heavy atom. The van der Waals surface area contributed by atoms with Crippen LogP contribution in [0.25, 0.3) is 33.7 Å². The molecule has 10 heteroatoms. The highest BCUT2D eigenvalue weighted by Crippen LogP contribution is 2.26. The number of hydrogen-bond donors (Lipinski definition) is 1. The molecule has 1 N–H and O–H groups in total. The van der Waals surface area contributed by atoms with E-state index in [4.69, 9.17) is 4.74 Å². The summed E-state index contributed by atoms with van der Waals surface area (Å²) in [5.41, 5.74) is 2.46. The number of hydrogen-bond acceptors (Lipinski definition) is 7. The lowest BCUT2D eigenvalue weighted by Gasteiger charge is -2.31. The molecule has 5 rings (SSSR count). The van der Waals surface area contributed by atoms with E-state index in [9.17, 15) is 13.6 Å². The molecule has 1 fully saturated rings. The average Bonchev–Trinajstić information content (AvgIpc) is 3.29. The van der Waals surface area contributed by atoms with Crippen LogP contribution in [0.2, 0.25) is 0 Å². The Kier molecular flexibility index (Phi) is 6.35. The summed E-state index contributed by atoms with van der Waals surface area (Å²) in [6, 6.07) is 5.62. The van der Waals surface area contributed by atoms with Crippen molar-refractivity contribution in [1.82, 2.24) is 24.9 Å². The van der Waals surface area contributed by atoms with Gasteiger partial charge in [0.05, 0.1) is 17.8 Å². The highest BCUT2D eigenvalue weighted by atomic mass is 19.1. The van der Waals surface area contributed by atoms with E-state index >= 15 is 0 Å². The molecule has 0 atom stereocenters. The van der Waals surface area contributed by atoms with Crippen molar-refractivity contribution in [3.8, 4) is 22.6 Å². The number of nitrogens with zero attached hydrogens (tertiary/aromatic N) is 5. The normalized spacial score (nSPS) is 14.4. The van der Waals surface area contributed by atoms with Gasteiger partial charge in [-0.2, -0.15) is 0 Å². The van der Waals surface area contributed by atoms with Crippen LogP contribution in [0.5, 0.6) is 0 Å². The van der Waals surface area contributed by atoms with E-state index in [0.717, 1.165) is 37.6 Å². The number of esters is 1. The fourth-order valence-electron chi connectivity index (χ4n) is 4.29. The molecule has 0 amide bonds. The van der Waals surface area contributed by atoms with Gasteiger partial charge >= 0.3 is 5.97 Å². The van der Waals surface area contributed by atoms with Crippen molar-refractivity contribution in [3.05, 3.63) is 54.5 Å². The second-order valence-electron chi connectivity index (χ2n) is 8.51. The molecule has 4 heterocycles. The Bertz CT molecular complexity index is 1330. The molecule has 0 spiro atoms. The maximum Gasteiger partial charge on any atom is 0.306 e. The van der Waals surface area contributed by atoms with Gasteiger partial charge in [-0.15, -0.1) is 0 Å². The summed E-state index contributed by atoms with van der Waals surface area (Å²) in [6.07, 6.45) is 7.33. The summed E-state index contributed by atoms with van der Waals surface area (Å²) in [7, 11) is 0. The van der Waals surface area contributed by atoms with Gasteiger partial charge in [-0.3, -0.25) is 9.78 Å². The van der Waals surface area contributed by atoms with Gasteiger partial charge in [0.15, 0.2) is 5.82 Å². The van der Waals surface area contributed by atoms with E-state index in [1.54, 1.807) is 30.7 Å². The predicted molar refractivity (Wildman–Crippen MR) is 126 cm³/mol. The minimum Gasteiger partial charge on any atom is -0.466 e. The number of ether oxygens (including phenoxy) is 1. The molecule has 1 saturated heterocycles. The van der Waals surface area contributed by atoms with Gasteiger partial charge in [0.25, 0.3) is 0 Å². The number of anilines is 1. The Morgan fingerprint density at radius 2 is 1.83 bits per heavy atom. The molecular formula is C25H24F2N6O2. The zero-order valence-corrected chi connectivity index (χ0v) is 19.2. The number of benzene rings is 1. The molecule has 4 aromatic rings. The molecule has 1 aliphatic rings. The topological polar surface area (TPSA) is 96.9 Å². The number of piperidine rings is 1. The minimum absolute atomic E-state index is 0.0828. The molecule has 0 aliphatic carbocycles. The summed E-state index contributed by atoms with van der Waals surface area (Å²) in [5.74, 6) is -0.130. The Morgan fingerprint density at radius 3 is 2.51 bits per heavy atom. The van der Waals surface area contributed by atoms with Gasteiger partial charge in [-0.1, -0.05) is 0 Å². The van der Waals surface area contributed by atoms with Gasteiger partial charge in [0.2, 0.25) is 5.95 Å². The van der Waals surface area contributed by atoms with Crippen LogP contribution in [0.3, 0.4) is 0 Å². The van der Waals surface area contributed by atoms with Gasteiger partial charge in [0.1, 0.15) is 17.2 Å². The molecule has 3 aromatic heterocycles. The minimum atomic E-state index is -0.715. The van der Waals surface area contributed by atoms with Gasteiger partial charge in [0, 0.05) is 55.3 Å². The highest BCUT2D eigenvalue weighted by Gasteiger charge is 2.23. The molecule has 35 heavy (non-hydrogen) atoms. The molecule has 0 radical (unpaired) electrons. The van der Waals surface area contributed by atoms with Crippen molar-refractivity contribution in [3.63, 3.8) is 0 Å².